The molecule has 1 fully saturated rings. The van der Waals surface area contributed by atoms with E-state index in [1.54, 1.807) is 6.20 Å². The van der Waals surface area contributed by atoms with Crippen molar-refractivity contribution in [1.29, 1.82) is 0 Å². The number of hydrogen-bond acceptors (Lipinski definition) is 4. The molecule has 60 valence electrons. The molecule has 0 saturated heterocycles. The van der Waals surface area contributed by atoms with Crippen molar-refractivity contribution in [2.45, 2.75) is 25.4 Å². The Morgan fingerprint density at radius 3 is 3.09 bits per heavy atom. The Morgan fingerprint density at radius 1 is 1.73 bits per heavy atom. The van der Waals surface area contributed by atoms with Crippen LogP contribution in [0.25, 0.3) is 0 Å². The predicted molar refractivity (Wildman–Crippen MR) is 42.2 cm³/mol. The maximum atomic E-state index is 9.55. The van der Waals surface area contributed by atoms with E-state index in [1.165, 1.54) is 24.4 Å². The molecule has 4 heteroatoms. The number of aliphatic hydroxyl groups excluding tert-OH is 1. The molecule has 1 heterocycles. The average Bonchev–Trinajstić information content (AvgIpc) is 2.67. The van der Waals surface area contributed by atoms with Crippen molar-refractivity contribution in [1.82, 2.24) is 9.59 Å². The van der Waals surface area contributed by atoms with Crippen LogP contribution >= 0.6 is 11.5 Å². The van der Waals surface area contributed by atoms with Gasteiger partial charge in [-0.05, 0) is 23.9 Å². The van der Waals surface area contributed by atoms with E-state index in [4.69, 9.17) is 0 Å². The Bertz CT molecular complexity index is 220. The largest absolute Gasteiger partial charge is 0.387 e. The Kier molecular flexibility index (Phi) is 1.87. The lowest BCUT2D eigenvalue weighted by Crippen LogP contribution is -1.94. The maximum absolute atomic E-state index is 9.55. The Labute approximate surface area is 69.2 Å². The molecule has 0 radical (unpaired) electrons. The molecule has 3 nitrogen and oxygen atoms in total. The number of rotatable bonds is 3. The maximum Gasteiger partial charge on any atom is 0.0916 e. The van der Waals surface area contributed by atoms with Gasteiger partial charge in [-0.3, -0.25) is 0 Å². The van der Waals surface area contributed by atoms with Gasteiger partial charge in [0.05, 0.1) is 17.2 Å². The summed E-state index contributed by atoms with van der Waals surface area (Å²) in [4.78, 5) is 0.900. The molecule has 0 amide bonds. The van der Waals surface area contributed by atoms with Crippen molar-refractivity contribution >= 4 is 11.5 Å². The summed E-state index contributed by atoms with van der Waals surface area (Å²) in [5.41, 5.74) is 0. The summed E-state index contributed by atoms with van der Waals surface area (Å²) < 4.78 is 3.70. The fourth-order valence-electron chi connectivity index (χ4n) is 1.11. The fourth-order valence-corrected chi connectivity index (χ4v) is 1.61. The van der Waals surface area contributed by atoms with Crippen LogP contribution in [0.5, 0.6) is 0 Å². The molecule has 1 N–H and O–H groups in total. The Balaban J connectivity index is 1.93. The molecule has 1 unspecified atom stereocenters. The van der Waals surface area contributed by atoms with Crippen LogP contribution in [-0.4, -0.2) is 14.7 Å². The van der Waals surface area contributed by atoms with Crippen molar-refractivity contribution in [2.75, 3.05) is 0 Å². The normalized spacial score (nSPS) is 20.1. The molecule has 0 aliphatic heterocycles. The molecule has 0 spiro atoms. The first-order valence-electron chi connectivity index (χ1n) is 3.81. The zero-order valence-electron chi connectivity index (χ0n) is 6.10. The molecule has 1 aliphatic carbocycles. The second kappa shape index (κ2) is 2.87. The van der Waals surface area contributed by atoms with Crippen LogP contribution < -0.4 is 0 Å². The van der Waals surface area contributed by atoms with Gasteiger partial charge in [-0.1, -0.05) is 17.3 Å². The molecule has 0 bridgehead atoms. The summed E-state index contributed by atoms with van der Waals surface area (Å²) in [6, 6.07) is 0. The van der Waals surface area contributed by atoms with Crippen molar-refractivity contribution in [2.24, 2.45) is 5.92 Å². The zero-order chi connectivity index (χ0) is 7.68. The molecule has 1 aromatic heterocycles. The third kappa shape index (κ3) is 1.75. The molecular formula is C7H10N2OS. The SMILES string of the molecule is OC(CC1CC1)c1cnns1. The lowest BCUT2D eigenvalue weighted by Gasteiger charge is -2.03. The van der Waals surface area contributed by atoms with Gasteiger partial charge < -0.3 is 5.11 Å². The molecule has 1 aliphatic rings. The number of aliphatic hydroxyl groups is 1. The molecule has 0 aromatic carbocycles. The van der Waals surface area contributed by atoms with Crippen LogP contribution in [0, 0.1) is 5.92 Å². The van der Waals surface area contributed by atoms with Crippen molar-refractivity contribution < 1.29 is 5.11 Å². The highest BCUT2D eigenvalue weighted by atomic mass is 32.1. The monoisotopic (exact) mass is 170 g/mol. The van der Waals surface area contributed by atoms with Gasteiger partial charge in [0.1, 0.15) is 0 Å². The highest BCUT2D eigenvalue weighted by Gasteiger charge is 2.25. The van der Waals surface area contributed by atoms with Crippen LogP contribution in [0.2, 0.25) is 0 Å². The molecule has 1 saturated carbocycles. The summed E-state index contributed by atoms with van der Waals surface area (Å²) >= 11 is 1.29. The summed E-state index contributed by atoms with van der Waals surface area (Å²) in [5.74, 6) is 0.757. The summed E-state index contributed by atoms with van der Waals surface area (Å²) in [6.07, 6.45) is 4.79. The van der Waals surface area contributed by atoms with Crippen LogP contribution in [0.3, 0.4) is 0 Å². The Morgan fingerprint density at radius 2 is 2.55 bits per heavy atom. The lowest BCUT2D eigenvalue weighted by molar-refractivity contribution is 0.164. The first kappa shape index (κ1) is 7.18. The van der Waals surface area contributed by atoms with Gasteiger partial charge in [-0.15, -0.1) is 5.10 Å². The van der Waals surface area contributed by atoms with Crippen LogP contribution in [0.15, 0.2) is 6.20 Å². The van der Waals surface area contributed by atoms with Gasteiger partial charge in [0.25, 0.3) is 0 Å². The van der Waals surface area contributed by atoms with E-state index in [-0.39, 0.29) is 6.10 Å². The average molecular weight is 170 g/mol. The third-order valence-electron chi connectivity index (χ3n) is 1.96. The molecule has 2 rings (SSSR count). The van der Waals surface area contributed by atoms with Crippen molar-refractivity contribution in [3.05, 3.63) is 11.1 Å². The van der Waals surface area contributed by atoms with Gasteiger partial charge in [0, 0.05) is 0 Å². The first-order chi connectivity index (χ1) is 5.36. The van der Waals surface area contributed by atoms with Crippen molar-refractivity contribution in [3.8, 4) is 0 Å². The third-order valence-corrected chi connectivity index (χ3v) is 2.72. The van der Waals surface area contributed by atoms with Gasteiger partial charge in [-0.2, -0.15) is 0 Å². The highest BCUT2D eigenvalue weighted by molar-refractivity contribution is 7.05. The number of nitrogens with zero attached hydrogens (tertiary/aromatic N) is 2. The van der Waals surface area contributed by atoms with Crippen LogP contribution in [0.4, 0.5) is 0 Å². The van der Waals surface area contributed by atoms with E-state index in [1.807, 2.05) is 0 Å². The zero-order valence-corrected chi connectivity index (χ0v) is 6.92. The first-order valence-corrected chi connectivity index (χ1v) is 4.59. The second-order valence-electron chi connectivity index (χ2n) is 3.01. The van der Waals surface area contributed by atoms with Crippen LogP contribution in [-0.2, 0) is 0 Å². The molecule has 1 atom stereocenters. The minimum atomic E-state index is -0.317. The fraction of sp³-hybridized carbons (Fsp3) is 0.714. The van der Waals surface area contributed by atoms with E-state index in [0.29, 0.717) is 0 Å². The van der Waals surface area contributed by atoms with Crippen LogP contribution in [0.1, 0.15) is 30.2 Å². The summed E-state index contributed by atoms with van der Waals surface area (Å²) in [6.45, 7) is 0. The predicted octanol–water partition coefficient (Wildman–Crippen LogP) is 1.37. The van der Waals surface area contributed by atoms with Gasteiger partial charge in [0.2, 0.25) is 0 Å². The van der Waals surface area contributed by atoms with E-state index < -0.39 is 0 Å². The summed E-state index contributed by atoms with van der Waals surface area (Å²) in [5, 5.41) is 13.2. The standard InChI is InChI=1S/C7H10N2OS/c10-6(3-5-1-2-5)7-4-8-9-11-7/h4-6,10H,1-3H2. The smallest absolute Gasteiger partial charge is 0.0916 e. The quantitative estimate of drug-likeness (QED) is 0.745. The van der Waals surface area contributed by atoms with Gasteiger partial charge in [0.15, 0.2) is 0 Å². The number of aromatic nitrogens is 2. The van der Waals surface area contributed by atoms with E-state index in [2.05, 4.69) is 9.59 Å². The van der Waals surface area contributed by atoms with Gasteiger partial charge in [-0.25, -0.2) is 0 Å². The topological polar surface area (TPSA) is 46.0 Å². The minimum absolute atomic E-state index is 0.317. The number of hydrogen-bond donors (Lipinski definition) is 1. The summed E-state index contributed by atoms with van der Waals surface area (Å²) in [7, 11) is 0. The second-order valence-corrected chi connectivity index (χ2v) is 3.83. The van der Waals surface area contributed by atoms with E-state index in [9.17, 15) is 5.11 Å². The molecule has 11 heavy (non-hydrogen) atoms. The highest BCUT2D eigenvalue weighted by Crippen LogP contribution is 2.37. The molecule has 1 aromatic rings. The van der Waals surface area contributed by atoms with E-state index >= 15 is 0 Å². The minimum Gasteiger partial charge on any atom is -0.387 e. The van der Waals surface area contributed by atoms with E-state index in [0.717, 1.165) is 17.2 Å². The van der Waals surface area contributed by atoms with Gasteiger partial charge >= 0.3 is 0 Å². The molecular weight excluding hydrogens is 160 g/mol. The lowest BCUT2D eigenvalue weighted by atomic mass is 10.1. The van der Waals surface area contributed by atoms with Crippen molar-refractivity contribution in [3.63, 3.8) is 0 Å². The Hall–Kier alpha value is -0.480.